The number of aryl methyl sites for hydroxylation is 1. The van der Waals surface area contributed by atoms with Crippen molar-refractivity contribution in [2.24, 2.45) is 0 Å². The second-order valence-corrected chi connectivity index (χ2v) is 9.73. The number of anilines is 1. The third-order valence-electron chi connectivity index (χ3n) is 4.70. The number of sulfonamides is 1. The summed E-state index contributed by atoms with van der Waals surface area (Å²) in [5.41, 5.74) is 1.82. The lowest BCUT2D eigenvalue weighted by atomic mass is 10.1. The maximum absolute atomic E-state index is 13.1. The van der Waals surface area contributed by atoms with Gasteiger partial charge in [0.1, 0.15) is 11.8 Å². The fourth-order valence-corrected chi connectivity index (χ4v) is 4.97. The van der Waals surface area contributed by atoms with Crippen molar-refractivity contribution in [1.29, 1.82) is 0 Å². The molecule has 0 saturated heterocycles. The summed E-state index contributed by atoms with van der Waals surface area (Å²) in [5, 5.41) is 3.39. The summed E-state index contributed by atoms with van der Waals surface area (Å²) in [6.45, 7) is 1.74. The molecule has 0 bridgehead atoms. The normalized spacial score (nSPS) is 12.2. The number of hydrogen-bond donors (Lipinski definition) is 2. The minimum Gasteiger partial charge on any atom is -0.496 e. The molecule has 0 fully saturated rings. The second-order valence-electron chi connectivity index (χ2n) is 7.14. The summed E-state index contributed by atoms with van der Waals surface area (Å²) < 4.78 is 33.9. The smallest absolute Gasteiger partial charge is 0.242 e. The van der Waals surface area contributed by atoms with Crippen LogP contribution in [0.1, 0.15) is 11.1 Å². The van der Waals surface area contributed by atoms with Crippen LogP contribution in [0.15, 0.2) is 71.6 Å². The number of halogens is 2. The van der Waals surface area contributed by atoms with Crippen molar-refractivity contribution in [2.75, 3.05) is 12.4 Å². The first kappa shape index (κ1) is 24.1. The summed E-state index contributed by atoms with van der Waals surface area (Å²) >= 11 is 12.0. The van der Waals surface area contributed by atoms with Gasteiger partial charge in [-0.15, -0.1) is 0 Å². The Morgan fingerprint density at radius 1 is 1.00 bits per heavy atom. The minimum absolute atomic E-state index is 0.0347. The zero-order chi connectivity index (χ0) is 23.3. The van der Waals surface area contributed by atoms with Crippen molar-refractivity contribution >= 4 is 44.8 Å². The molecular weight excluding hydrogens is 471 g/mol. The predicted octanol–water partition coefficient (Wildman–Crippen LogP) is 4.84. The topological polar surface area (TPSA) is 84.5 Å². The van der Waals surface area contributed by atoms with Crippen molar-refractivity contribution in [3.8, 4) is 5.75 Å². The quantitative estimate of drug-likeness (QED) is 0.471. The van der Waals surface area contributed by atoms with Gasteiger partial charge in [-0.3, -0.25) is 4.79 Å². The second kappa shape index (κ2) is 10.4. The summed E-state index contributed by atoms with van der Waals surface area (Å²) in [7, 11) is -2.49. The maximum Gasteiger partial charge on any atom is 0.242 e. The first-order valence-electron chi connectivity index (χ1n) is 9.66. The molecule has 6 nitrogen and oxygen atoms in total. The zero-order valence-corrected chi connectivity index (χ0v) is 19.8. The molecule has 0 saturated carbocycles. The maximum atomic E-state index is 13.1. The monoisotopic (exact) mass is 492 g/mol. The fraction of sp³-hybridized carbons (Fsp3) is 0.174. The Bertz CT molecular complexity index is 1200. The Hall–Kier alpha value is -2.58. The molecule has 0 aromatic heterocycles. The van der Waals surface area contributed by atoms with E-state index in [2.05, 4.69) is 10.0 Å². The van der Waals surface area contributed by atoms with Crippen molar-refractivity contribution < 1.29 is 17.9 Å². The van der Waals surface area contributed by atoms with Gasteiger partial charge in [-0.1, -0.05) is 53.5 Å². The van der Waals surface area contributed by atoms with Crippen molar-refractivity contribution in [2.45, 2.75) is 24.3 Å². The Labute approximate surface area is 197 Å². The van der Waals surface area contributed by atoms with Gasteiger partial charge >= 0.3 is 0 Å². The Balaban J connectivity index is 1.89. The number of methoxy groups -OCH3 is 1. The number of carbonyl (C=O) groups excluding carboxylic acids is 1. The van der Waals surface area contributed by atoms with Gasteiger partial charge in [-0.2, -0.15) is 4.72 Å². The molecule has 2 N–H and O–H groups in total. The predicted molar refractivity (Wildman–Crippen MR) is 127 cm³/mol. The molecule has 0 heterocycles. The van der Waals surface area contributed by atoms with Gasteiger partial charge in [0.25, 0.3) is 0 Å². The third-order valence-corrected chi connectivity index (χ3v) is 6.61. The van der Waals surface area contributed by atoms with Gasteiger partial charge in [-0.05, 0) is 60.9 Å². The van der Waals surface area contributed by atoms with Crippen LogP contribution in [-0.4, -0.2) is 27.5 Å². The molecule has 3 rings (SSSR count). The van der Waals surface area contributed by atoms with E-state index in [9.17, 15) is 13.2 Å². The van der Waals surface area contributed by atoms with Gasteiger partial charge in [0.05, 0.1) is 12.0 Å². The van der Waals surface area contributed by atoms with Crippen LogP contribution in [0.3, 0.4) is 0 Å². The average molecular weight is 493 g/mol. The first-order valence-corrected chi connectivity index (χ1v) is 11.9. The highest BCUT2D eigenvalue weighted by Crippen LogP contribution is 2.24. The van der Waals surface area contributed by atoms with Crippen LogP contribution >= 0.6 is 23.2 Å². The Kier molecular flexibility index (Phi) is 7.79. The molecule has 9 heteroatoms. The average Bonchev–Trinajstić information content (AvgIpc) is 2.73. The van der Waals surface area contributed by atoms with Gasteiger partial charge in [0.2, 0.25) is 15.9 Å². The van der Waals surface area contributed by atoms with Crippen LogP contribution in [0.5, 0.6) is 5.75 Å². The number of ether oxygens (including phenoxy) is 1. The fourth-order valence-electron chi connectivity index (χ4n) is 3.17. The number of benzene rings is 3. The van der Waals surface area contributed by atoms with Crippen molar-refractivity contribution in [3.05, 3.63) is 87.9 Å². The summed E-state index contributed by atoms with van der Waals surface area (Å²) in [4.78, 5) is 13.1. The number of hydrogen-bond acceptors (Lipinski definition) is 4. The highest BCUT2D eigenvalue weighted by Gasteiger charge is 2.27. The van der Waals surface area contributed by atoms with Crippen LogP contribution in [0, 0.1) is 6.92 Å². The number of nitrogens with one attached hydrogen (secondary N) is 2. The van der Waals surface area contributed by atoms with Crippen molar-refractivity contribution in [3.63, 3.8) is 0 Å². The molecule has 1 amide bonds. The molecule has 0 spiro atoms. The molecule has 0 aliphatic heterocycles. The van der Waals surface area contributed by atoms with E-state index in [0.29, 0.717) is 27.0 Å². The van der Waals surface area contributed by atoms with E-state index in [1.165, 1.54) is 37.4 Å². The lowest BCUT2D eigenvalue weighted by molar-refractivity contribution is -0.117. The highest BCUT2D eigenvalue weighted by molar-refractivity contribution is 7.89. The van der Waals surface area contributed by atoms with E-state index >= 15 is 0 Å². The van der Waals surface area contributed by atoms with E-state index in [0.717, 1.165) is 5.56 Å². The van der Waals surface area contributed by atoms with E-state index in [1.807, 2.05) is 30.3 Å². The molecule has 0 aliphatic carbocycles. The highest BCUT2D eigenvalue weighted by atomic mass is 35.5. The minimum atomic E-state index is -4.00. The van der Waals surface area contributed by atoms with Gasteiger partial charge < -0.3 is 10.1 Å². The SMILES string of the molecule is COc1ccc(S(=O)(=O)N[C@@H](Cc2ccccc2)C(=O)Nc2cc(Cl)cc(Cl)c2)cc1C. The lowest BCUT2D eigenvalue weighted by Gasteiger charge is -2.19. The van der Waals surface area contributed by atoms with Crippen LogP contribution in [0.25, 0.3) is 0 Å². The van der Waals surface area contributed by atoms with Crippen molar-refractivity contribution in [1.82, 2.24) is 4.72 Å². The van der Waals surface area contributed by atoms with E-state index in [4.69, 9.17) is 27.9 Å². The third kappa shape index (κ3) is 6.23. The van der Waals surface area contributed by atoms with Gasteiger partial charge in [0.15, 0.2) is 0 Å². The zero-order valence-electron chi connectivity index (χ0n) is 17.4. The summed E-state index contributed by atoms with van der Waals surface area (Å²) in [6, 6.07) is 17.2. The number of amides is 1. The molecule has 3 aromatic rings. The largest absolute Gasteiger partial charge is 0.496 e. The van der Waals surface area contributed by atoms with Crippen LogP contribution in [-0.2, 0) is 21.2 Å². The van der Waals surface area contributed by atoms with Gasteiger partial charge in [-0.25, -0.2) is 8.42 Å². The van der Waals surface area contributed by atoms with Crippen LogP contribution in [0.4, 0.5) is 5.69 Å². The van der Waals surface area contributed by atoms with Crippen LogP contribution in [0.2, 0.25) is 10.0 Å². The summed E-state index contributed by atoms with van der Waals surface area (Å²) in [5.74, 6) is 0.0290. The molecule has 0 aliphatic rings. The standard InChI is InChI=1S/C23H22Cl2N2O4S/c1-15-10-20(8-9-22(15)31-2)32(29,30)27-21(11-16-6-4-3-5-7-16)23(28)26-19-13-17(24)12-18(25)14-19/h3-10,12-14,21,27H,11H2,1-2H3,(H,26,28)/t21-/m0/s1. The molecule has 32 heavy (non-hydrogen) atoms. The Morgan fingerprint density at radius 3 is 2.25 bits per heavy atom. The summed E-state index contributed by atoms with van der Waals surface area (Å²) in [6.07, 6.45) is 0.148. The Morgan fingerprint density at radius 2 is 1.66 bits per heavy atom. The van der Waals surface area contributed by atoms with Crippen LogP contribution < -0.4 is 14.8 Å². The number of carbonyl (C=O) groups is 1. The van der Waals surface area contributed by atoms with E-state index < -0.39 is 22.0 Å². The molecule has 1 atom stereocenters. The van der Waals surface area contributed by atoms with E-state index in [1.54, 1.807) is 13.0 Å². The van der Waals surface area contributed by atoms with E-state index in [-0.39, 0.29) is 11.3 Å². The molecule has 3 aromatic carbocycles. The molecule has 0 unspecified atom stereocenters. The molecule has 0 radical (unpaired) electrons. The molecule has 168 valence electrons. The lowest BCUT2D eigenvalue weighted by Crippen LogP contribution is -2.45. The van der Waals surface area contributed by atoms with Gasteiger partial charge in [0, 0.05) is 15.7 Å². The molecular formula is C23H22Cl2N2O4S. The number of rotatable bonds is 8. The first-order chi connectivity index (χ1) is 15.2.